The normalized spacial score (nSPS) is 18.2. The zero-order valence-electron chi connectivity index (χ0n) is 17.4. The third kappa shape index (κ3) is 4.34. The number of anilines is 1. The van der Waals surface area contributed by atoms with E-state index in [1.807, 2.05) is 6.07 Å². The zero-order valence-corrected chi connectivity index (χ0v) is 18.9. The lowest BCUT2D eigenvalue weighted by Gasteiger charge is -2.19. The number of benzene rings is 2. The standard InChI is InChI=1S/C24H23Cl2FN4O/c25-17-3-8-22(21(26)11-17)31-23(16-1-2-16)20(13-29-31)24(32)28-12-15-9-10-30(14-15)19-6-4-18(27)5-7-19/h3-8,11,13,15-16H,1-2,9-10,12,14H2,(H,28,32). The Labute approximate surface area is 196 Å². The molecular weight excluding hydrogens is 450 g/mol. The van der Waals surface area contributed by atoms with Crippen LogP contribution in [0.25, 0.3) is 5.69 Å². The lowest BCUT2D eigenvalue weighted by molar-refractivity contribution is 0.0947. The lowest BCUT2D eigenvalue weighted by atomic mass is 10.1. The predicted octanol–water partition coefficient (Wildman–Crippen LogP) is 5.45. The van der Waals surface area contributed by atoms with E-state index in [9.17, 15) is 9.18 Å². The first-order chi connectivity index (χ1) is 15.5. The van der Waals surface area contributed by atoms with E-state index in [0.717, 1.165) is 49.4 Å². The van der Waals surface area contributed by atoms with Gasteiger partial charge in [-0.25, -0.2) is 9.07 Å². The number of carbonyl (C=O) groups is 1. The first kappa shape index (κ1) is 21.3. The summed E-state index contributed by atoms with van der Waals surface area (Å²) in [5.74, 6) is 0.312. The largest absolute Gasteiger partial charge is 0.371 e. The number of halogens is 3. The Morgan fingerprint density at radius 3 is 2.62 bits per heavy atom. The highest BCUT2D eigenvalue weighted by molar-refractivity contribution is 6.35. The van der Waals surface area contributed by atoms with Gasteiger partial charge in [0.05, 0.1) is 28.2 Å². The summed E-state index contributed by atoms with van der Waals surface area (Å²) in [4.78, 5) is 15.3. The van der Waals surface area contributed by atoms with E-state index in [1.165, 1.54) is 12.1 Å². The molecule has 5 rings (SSSR count). The minimum absolute atomic E-state index is 0.108. The topological polar surface area (TPSA) is 50.2 Å². The van der Waals surface area contributed by atoms with Gasteiger partial charge in [0, 0.05) is 36.3 Å². The van der Waals surface area contributed by atoms with E-state index in [0.29, 0.717) is 34.0 Å². The molecule has 1 N–H and O–H groups in total. The first-order valence-corrected chi connectivity index (χ1v) is 11.6. The lowest BCUT2D eigenvalue weighted by Crippen LogP contribution is -2.31. The summed E-state index contributed by atoms with van der Waals surface area (Å²) < 4.78 is 15.0. The molecule has 1 aliphatic heterocycles. The molecule has 32 heavy (non-hydrogen) atoms. The van der Waals surface area contributed by atoms with Crippen molar-refractivity contribution in [3.8, 4) is 5.69 Å². The molecule has 1 aromatic heterocycles. The van der Waals surface area contributed by atoms with Crippen LogP contribution < -0.4 is 10.2 Å². The van der Waals surface area contributed by atoms with Crippen LogP contribution in [0.4, 0.5) is 10.1 Å². The highest BCUT2D eigenvalue weighted by atomic mass is 35.5. The average molecular weight is 473 g/mol. The van der Waals surface area contributed by atoms with Crippen LogP contribution >= 0.6 is 23.2 Å². The number of rotatable bonds is 6. The van der Waals surface area contributed by atoms with Crippen molar-refractivity contribution < 1.29 is 9.18 Å². The van der Waals surface area contributed by atoms with Gasteiger partial charge in [0.1, 0.15) is 5.82 Å². The molecule has 0 radical (unpaired) electrons. The number of hydrogen-bond acceptors (Lipinski definition) is 3. The molecule has 2 aliphatic rings. The number of nitrogens with zero attached hydrogens (tertiary/aromatic N) is 3. The van der Waals surface area contributed by atoms with E-state index < -0.39 is 0 Å². The second-order valence-corrected chi connectivity index (χ2v) is 9.36. The van der Waals surface area contributed by atoms with Crippen molar-refractivity contribution >= 4 is 34.8 Å². The molecule has 1 atom stereocenters. The second-order valence-electron chi connectivity index (χ2n) is 8.51. The maximum absolute atomic E-state index is 13.2. The quantitative estimate of drug-likeness (QED) is 0.518. The van der Waals surface area contributed by atoms with Gasteiger partial charge in [-0.2, -0.15) is 5.10 Å². The average Bonchev–Trinajstić information content (AvgIpc) is 3.34. The maximum Gasteiger partial charge on any atom is 0.254 e. The molecule has 2 heterocycles. The molecule has 1 saturated carbocycles. The molecule has 3 aromatic rings. The van der Waals surface area contributed by atoms with Gasteiger partial charge < -0.3 is 10.2 Å². The molecule has 5 nitrogen and oxygen atoms in total. The summed E-state index contributed by atoms with van der Waals surface area (Å²) in [7, 11) is 0. The van der Waals surface area contributed by atoms with Crippen molar-refractivity contribution in [2.75, 3.05) is 24.5 Å². The van der Waals surface area contributed by atoms with E-state index in [4.69, 9.17) is 23.2 Å². The fourth-order valence-electron chi connectivity index (χ4n) is 4.35. The van der Waals surface area contributed by atoms with Crippen LogP contribution in [0.15, 0.2) is 48.7 Å². The summed E-state index contributed by atoms with van der Waals surface area (Å²) in [6, 6.07) is 11.8. The van der Waals surface area contributed by atoms with Gasteiger partial charge >= 0.3 is 0 Å². The summed E-state index contributed by atoms with van der Waals surface area (Å²) in [5, 5.41) is 8.65. The summed E-state index contributed by atoms with van der Waals surface area (Å²) in [6.45, 7) is 2.32. The SMILES string of the molecule is O=C(NCC1CCN(c2ccc(F)cc2)C1)c1cnn(-c2ccc(Cl)cc2Cl)c1C1CC1. The number of nitrogens with one attached hydrogen (secondary N) is 1. The highest BCUT2D eigenvalue weighted by Gasteiger charge is 2.33. The number of aromatic nitrogens is 2. The first-order valence-electron chi connectivity index (χ1n) is 10.8. The van der Waals surface area contributed by atoms with Crippen LogP contribution in [0, 0.1) is 11.7 Å². The second kappa shape index (κ2) is 8.75. The Morgan fingerprint density at radius 2 is 1.91 bits per heavy atom. The minimum atomic E-state index is -0.233. The van der Waals surface area contributed by atoms with Gasteiger partial charge in [-0.3, -0.25) is 4.79 Å². The molecule has 166 valence electrons. The highest BCUT2D eigenvalue weighted by Crippen LogP contribution is 2.43. The third-order valence-electron chi connectivity index (χ3n) is 6.18. The zero-order chi connectivity index (χ0) is 22.2. The molecular formula is C24H23Cl2FN4O. The Hall–Kier alpha value is -2.57. The van der Waals surface area contributed by atoms with Crippen molar-refractivity contribution in [1.82, 2.24) is 15.1 Å². The van der Waals surface area contributed by atoms with E-state index in [2.05, 4.69) is 15.3 Å². The molecule has 0 bridgehead atoms. The van der Waals surface area contributed by atoms with Crippen molar-refractivity contribution in [1.29, 1.82) is 0 Å². The smallest absolute Gasteiger partial charge is 0.254 e. The van der Waals surface area contributed by atoms with Gasteiger partial charge in [0.2, 0.25) is 0 Å². The molecule has 1 aliphatic carbocycles. The van der Waals surface area contributed by atoms with Crippen LogP contribution in [0.2, 0.25) is 10.0 Å². The fraction of sp³-hybridized carbons (Fsp3) is 0.333. The predicted molar refractivity (Wildman–Crippen MR) is 125 cm³/mol. The molecule has 1 amide bonds. The van der Waals surface area contributed by atoms with Crippen LogP contribution in [-0.4, -0.2) is 35.3 Å². The van der Waals surface area contributed by atoms with E-state index in [-0.39, 0.29) is 11.7 Å². The summed E-state index contributed by atoms with van der Waals surface area (Å²) in [5.41, 5.74) is 3.25. The Bertz CT molecular complexity index is 1140. The molecule has 2 fully saturated rings. The fourth-order valence-corrected chi connectivity index (χ4v) is 4.83. The third-order valence-corrected chi connectivity index (χ3v) is 6.72. The Balaban J connectivity index is 1.27. The van der Waals surface area contributed by atoms with Gasteiger partial charge in [-0.15, -0.1) is 0 Å². The maximum atomic E-state index is 13.2. The number of hydrogen-bond donors (Lipinski definition) is 1. The monoisotopic (exact) mass is 472 g/mol. The van der Waals surface area contributed by atoms with Gasteiger partial charge in [-0.1, -0.05) is 23.2 Å². The number of amides is 1. The van der Waals surface area contributed by atoms with Crippen LogP contribution in [0.5, 0.6) is 0 Å². The van der Waals surface area contributed by atoms with Gasteiger partial charge in [-0.05, 0) is 67.6 Å². The minimum Gasteiger partial charge on any atom is -0.371 e. The van der Waals surface area contributed by atoms with Crippen LogP contribution in [0.3, 0.4) is 0 Å². The summed E-state index contributed by atoms with van der Waals surface area (Å²) >= 11 is 12.4. The van der Waals surface area contributed by atoms with E-state index >= 15 is 0 Å². The van der Waals surface area contributed by atoms with Crippen molar-refractivity contribution in [2.45, 2.75) is 25.2 Å². The molecule has 1 saturated heterocycles. The molecule has 2 aromatic carbocycles. The Kier molecular flexibility index (Phi) is 5.82. The molecule has 1 unspecified atom stereocenters. The van der Waals surface area contributed by atoms with Crippen molar-refractivity contribution in [3.05, 3.63) is 75.8 Å². The van der Waals surface area contributed by atoms with Crippen molar-refractivity contribution in [2.24, 2.45) is 5.92 Å². The molecule has 8 heteroatoms. The summed E-state index contributed by atoms with van der Waals surface area (Å²) in [6.07, 6.45) is 4.68. The van der Waals surface area contributed by atoms with Crippen LogP contribution in [-0.2, 0) is 0 Å². The van der Waals surface area contributed by atoms with Gasteiger partial charge in [0.15, 0.2) is 0 Å². The number of carbonyl (C=O) groups excluding carboxylic acids is 1. The molecule has 0 spiro atoms. The Morgan fingerprint density at radius 1 is 1.12 bits per heavy atom. The van der Waals surface area contributed by atoms with Crippen molar-refractivity contribution in [3.63, 3.8) is 0 Å². The van der Waals surface area contributed by atoms with Crippen LogP contribution in [0.1, 0.15) is 41.2 Å². The van der Waals surface area contributed by atoms with Gasteiger partial charge in [0.25, 0.3) is 5.91 Å². The van der Waals surface area contributed by atoms with E-state index in [1.54, 1.807) is 35.1 Å².